The van der Waals surface area contributed by atoms with Gasteiger partial charge in [0.2, 0.25) is 15.9 Å². The van der Waals surface area contributed by atoms with Crippen molar-refractivity contribution < 1.29 is 17.6 Å². The molecule has 0 spiro atoms. The maximum atomic E-state index is 13.2. The summed E-state index contributed by atoms with van der Waals surface area (Å²) in [7, 11) is -3.72. The molecule has 1 aromatic heterocycles. The van der Waals surface area contributed by atoms with Crippen molar-refractivity contribution in [1.82, 2.24) is 14.2 Å². The van der Waals surface area contributed by atoms with Crippen molar-refractivity contribution in [3.63, 3.8) is 0 Å². The molecule has 34 heavy (non-hydrogen) atoms. The molecule has 182 valence electrons. The number of amides is 1. The molecule has 1 aliphatic rings. The summed E-state index contributed by atoms with van der Waals surface area (Å²) in [5.74, 6) is -0.371. The van der Waals surface area contributed by atoms with Gasteiger partial charge >= 0.3 is 5.76 Å². The van der Waals surface area contributed by atoms with Crippen LogP contribution in [-0.2, 0) is 21.4 Å². The molecule has 1 saturated heterocycles. The van der Waals surface area contributed by atoms with E-state index in [1.54, 1.807) is 6.07 Å². The molecule has 0 radical (unpaired) electrons. The molecule has 8 nitrogen and oxygen atoms in total. The van der Waals surface area contributed by atoms with Crippen LogP contribution < -0.4 is 11.1 Å². The molecule has 1 aliphatic heterocycles. The Bertz CT molecular complexity index is 1350. The Balaban J connectivity index is 1.36. The lowest BCUT2D eigenvalue weighted by atomic mass is 9.94. The minimum atomic E-state index is -3.72. The number of hydrogen-bond acceptors (Lipinski definition) is 5. The predicted molar refractivity (Wildman–Crippen MR) is 130 cm³/mol. The Morgan fingerprint density at radius 3 is 2.53 bits per heavy atom. The highest BCUT2D eigenvalue weighted by Crippen LogP contribution is 2.28. The van der Waals surface area contributed by atoms with Gasteiger partial charge in [-0.2, -0.15) is 4.31 Å². The first kappa shape index (κ1) is 24.2. The molecule has 2 heterocycles. The van der Waals surface area contributed by atoms with E-state index in [0.29, 0.717) is 44.4 Å². The van der Waals surface area contributed by atoms with Gasteiger partial charge in [0.15, 0.2) is 5.58 Å². The number of nitrogens with one attached hydrogen (secondary N) is 1. The quantitative estimate of drug-likeness (QED) is 0.551. The smallest absolute Gasteiger partial charge is 0.408 e. The third-order valence-electron chi connectivity index (χ3n) is 6.52. The molecule has 3 aromatic rings. The zero-order valence-electron chi connectivity index (χ0n) is 19.8. The van der Waals surface area contributed by atoms with E-state index in [1.807, 2.05) is 45.0 Å². The lowest BCUT2D eigenvalue weighted by Gasteiger charge is -2.31. The van der Waals surface area contributed by atoms with Gasteiger partial charge in [-0.1, -0.05) is 24.3 Å². The van der Waals surface area contributed by atoms with Gasteiger partial charge in [0, 0.05) is 38.2 Å². The molecule has 1 N–H and O–H groups in total. The number of aryl methyl sites for hydroxylation is 1. The van der Waals surface area contributed by atoms with E-state index in [4.69, 9.17) is 4.42 Å². The van der Waals surface area contributed by atoms with Crippen LogP contribution in [0, 0.1) is 12.8 Å². The number of benzene rings is 2. The van der Waals surface area contributed by atoms with E-state index in [2.05, 4.69) is 5.32 Å². The van der Waals surface area contributed by atoms with Crippen molar-refractivity contribution in [2.24, 2.45) is 5.92 Å². The van der Waals surface area contributed by atoms with Gasteiger partial charge in [-0.05, 0) is 62.8 Å². The Hall–Kier alpha value is -2.91. The minimum absolute atomic E-state index is 0.0142. The van der Waals surface area contributed by atoms with Crippen LogP contribution in [0.3, 0.4) is 0 Å². The van der Waals surface area contributed by atoms with Crippen LogP contribution in [0.15, 0.2) is 56.6 Å². The summed E-state index contributed by atoms with van der Waals surface area (Å²) in [5, 5.41) is 2.98. The van der Waals surface area contributed by atoms with Gasteiger partial charge in [-0.15, -0.1) is 0 Å². The largest absolute Gasteiger partial charge is 0.420 e. The Kier molecular flexibility index (Phi) is 6.95. The SMILES string of the molecule is Cc1ccccc1CNC(=O)CC1CCN(S(=O)(=O)c2ccc3c(c2)oc(=O)n3C(C)C)CC1. The summed E-state index contributed by atoms with van der Waals surface area (Å²) < 4.78 is 34.6. The van der Waals surface area contributed by atoms with Gasteiger partial charge < -0.3 is 9.73 Å². The molecule has 1 fully saturated rings. The first-order valence-electron chi connectivity index (χ1n) is 11.6. The zero-order chi connectivity index (χ0) is 24.5. The van der Waals surface area contributed by atoms with Crippen molar-refractivity contribution in [2.75, 3.05) is 13.1 Å². The van der Waals surface area contributed by atoms with Crippen molar-refractivity contribution in [2.45, 2.75) is 57.5 Å². The molecule has 1 amide bonds. The van der Waals surface area contributed by atoms with Gasteiger partial charge in [0.05, 0.1) is 10.4 Å². The molecular weight excluding hydrogens is 454 g/mol. The van der Waals surface area contributed by atoms with Crippen LogP contribution in [0.4, 0.5) is 0 Å². The number of piperidine rings is 1. The number of carbonyl (C=O) groups excluding carboxylic acids is 1. The Labute approximate surface area is 199 Å². The summed E-state index contributed by atoms with van der Waals surface area (Å²) in [4.78, 5) is 24.6. The van der Waals surface area contributed by atoms with Crippen LogP contribution in [0.2, 0.25) is 0 Å². The van der Waals surface area contributed by atoms with E-state index >= 15 is 0 Å². The number of fused-ring (bicyclic) bond motifs is 1. The lowest BCUT2D eigenvalue weighted by Crippen LogP contribution is -2.39. The summed E-state index contributed by atoms with van der Waals surface area (Å²) in [6, 6.07) is 12.4. The highest BCUT2D eigenvalue weighted by Gasteiger charge is 2.31. The minimum Gasteiger partial charge on any atom is -0.408 e. The highest BCUT2D eigenvalue weighted by atomic mass is 32.2. The fourth-order valence-corrected chi connectivity index (χ4v) is 5.99. The van der Waals surface area contributed by atoms with Crippen LogP contribution >= 0.6 is 0 Å². The molecule has 0 atom stereocenters. The van der Waals surface area contributed by atoms with Gasteiger partial charge in [-0.25, -0.2) is 13.2 Å². The average molecular weight is 486 g/mol. The molecule has 0 bridgehead atoms. The van der Waals surface area contributed by atoms with Crippen molar-refractivity contribution in [3.8, 4) is 0 Å². The maximum absolute atomic E-state index is 13.2. The normalized spacial score (nSPS) is 15.8. The number of nitrogens with zero attached hydrogens (tertiary/aromatic N) is 2. The van der Waals surface area contributed by atoms with E-state index in [-0.39, 0.29) is 28.3 Å². The third-order valence-corrected chi connectivity index (χ3v) is 8.42. The number of rotatable bonds is 7. The standard InChI is InChI=1S/C25H31N3O5S/c1-17(2)28-22-9-8-21(15-23(22)33-25(28)30)34(31,32)27-12-10-19(11-13-27)14-24(29)26-16-20-7-5-4-6-18(20)3/h4-9,15,17,19H,10-14,16H2,1-3H3,(H,26,29). The highest BCUT2D eigenvalue weighted by molar-refractivity contribution is 7.89. The number of sulfonamides is 1. The van der Waals surface area contributed by atoms with Gasteiger partial charge in [-0.3, -0.25) is 9.36 Å². The van der Waals surface area contributed by atoms with Gasteiger partial charge in [0.1, 0.15) is 0 Å². The number of aromatic nitrogens is 1. The van der Waals surface area contributed by atoms with Crippen LogP contribution in [0.1, 0.15) is 50.3 Å². The molecule has 0 aliphatic carbocycles. The van der Waals surface area contributed by atoms with Crippen LogP contribution in [0.25, 0.3) is 11.1 Å². The summed E-state index contributed by atoms with van der Waals surface area (Å²) in [6.07, 6.45) is 1.63. The Morgan fingerprint density at radius 1 is 1.15 bits per heavy atom. The summed E-state index contributed by atoms with van der Waals surface area (Å²) in [5.41, 5.74) is 3.07. The number of hydrogen-bond donors (Lipinski definition) is 1. The van der Waals surface area contributed by atoms with Crippen molar-refractivity contribution in [1.29, 1.82) is 0 Å². The van der Waals surface area contributed by atoms with E-state index in [0.717, 1.165) is 11.1 Å². The van der Waals surface area contributed by atoms with Gasteiger partial charge in [0.25, 0.3) is 0 Å². The molecule has 0 unspecified atom stereocenters. The first-order chi connectivity index (χ1) is 16.2. The third kappa shape index (κ3) is 4.95. The molecular formula is C25H31N3O5S. The fourth-order valence-electron chi connectivity index (χ4n) is 4.51. The summed E-state index contributed by atoms with van der Waals surface area (Å²) in [6.45, 7) is 6.96. The molecule has 9 heteroatoms. The topological polar surface area (TPSA) is 102 Å². The molecule has 0 saturated carbocycles. The number of oxazole rings is 1. The summed E-state index contributed by atoms with van der Waals surface area (Å²) >= 11 is 0. The zero-order valence-corrected chi connectivity index (χ0v) is 20.6. The van der Waals surface area contributed by atoms with Crippen molar-refractivity contribution in [3.05, 3.63) is 64.1 Å². The van der Waals surface area contributed by atoms with Crippen LogP contribution in [0.5, 0.6) is 0 Å². The number of carbonyl (C=O) groups is 1. The molecule has 2 aromatic carbocycles. The van der Waals surface area contributed by atoms with E-state index in [1.165, 1.54) is 21.0 Å². The van der Waals surface area contributed by atoms with Crippen LogP contribution in [-0.4, -0.2) is 36.3 Å². The predicted octanol–water partition coefficient (Wildman–Crippen LogP) is 3.59. The lowest BCUT2D eigenvalue weighted by molar-refractivity contribution is -0.122. The second-order valence-corrected chi connectivity index (χ2v) is 11.2. The van der Waals surface area contributed by atoms with E-state index < -0.39 is 15.8 Å². The first-order valence-corrected chi connectivity index (χ1v) is 13.1. The second kappa shape index (κ2) is 9.76. The maximum Gasteiger partial charge on any atom is 0.420 e. The fraction of sp³-hybridized carbons (Fsp3) is 0.440. The average Bonchev–Trinajstić information content (AvgIpc) is 3.14. The Morgan fingerprint density at radius 2 is 1.85 bits per heavy atom. The monoisotopic (exact) mass is 485 g/mol. The van der Waals surface area contributed by atoms with E-state index in [9.17, 15) is 18.0 Å². The second-order valence-electron chi connectivity index (χ2n) is 9.22. The molecule has 4 rings (SSSR count). The van der Waals surface area contributed by atoms with Crippen molar-refractivity contribution >= 4 is 27.0 Å².